The van der Waals surface area contributed by atoms with Crippen molar-refractivity contribution in [2.24, 2.45) is 5.16 Å². The summed E-state index contributed by atoms with van der Waals surface area (Å²) in [7, 11) is 0. The van der Waals surface area contributed by atoms with E-state index in [1.54, 1.807) is 40.7 Å². The minimum absolute atomic E-state index is 0.0943. The Labute approximate surface area is 182 Å². The Kier molecular flexibility index (Phi) is 5.81. The third-order valence-electron chi connectivity index (χ3n) is 3.79. The number of oxime groups is 1. The number of hydrogen-bond acceptors (Lipinski definition) is 10. The molecule has 0 spiro atoms. The molecule has 1 aromatic carbocycles. The lowest BCUT2D eigenvalue weighted by atomic mass is 10.1. The first-order valence-corrected chi connectivity index (χ1v) is 10.2. The zero-order valence-corrected chi connectivity index (χ0v) is 18.5. The highest BCUT2D eigenvalue weighted by Gasteiger charge is 2.36. The molecule has 0 fully saturated rings. The molecular formula is C20H23N3O7S. The van der Waals surface area contributed by atoms with E-state index in [9.17, 15) is 14.7 Å². The van der Waals surface area contributed by atoms with E-state index >= 15 is 0 Å². The predicted molar refractivity (Wildman–Crippen MR) is 112 cm³/mol. The summed E-state index contributed by atoms with van der Waals surface area (Å²) in [5.74, 6) is -2.23. The highest BCUT2D eigenvalue weighted by atomic mass is 32.1. The number of nitrogen functional groups attached to an aromatic ring is 1. The van der Waals surface area contributed by atoms with E-state index in [1.165, 1.54) is 11.4 Å². The fourth-order valence-corrected chi connectivity index (χ4v) is 3.25. The first-order valence-electron chi connectivity index (χ1n) is 9.27. The molecule has 31 heavy (non-hydrogen) atoms. The van der Waals surface area contributed by atoms with Gasteiger partial charge in [0.05, 0.1) is 0 Å². The minimum atomic E-state index is -1.31. The van der Waals surface area contributed by atoms with Crippen LogP contribution in [0.25, 0.3) is 0 Å². The maximum Gasteiger partial charge on any atom is 0.360 e. The lowest BCUT2D eigenvalue weighted by molar-refractivity contribution is -0.129. The molecule has 1 aliphatic rings. The van der Waals surface area contributed by atoms with E-state index in [2.05, 4.69) is 10.1 Å². The van der Waals surface area contributed by atoms with E-state index < -0.39 is 23.3 Å². The number of nitrogens with two attached hydrogens (primary N) is 1. The molecule has 1 aromatic heterocycles. The summed E-state index contributed by atoms with van der Waals surface area (Å²) in [5, 5.41) is 14.7. The van der Waals surface area contributed by atoms with E-state index in [1.807, 2.05) is 0 Å². The second-order valence-electron chi connectivity index (χ2n) is 8.17. The summed E-state index contributed by atoms with van der Waals surface area (Å²) in [4.78, 5) is 33.3. The Bertz CT molecular complexity index is 1050. The number of nitrogens with zero attached hydrogens (tertiary/aromatic N) is 2. The number of thiazole rings is 1. The van der Waals surface area contributed by atoms with Crippen LogP contribution < -0.4 is 15.2 Å². The number of carbonyl (C=O) groups excluding carboxylic acids is 1. The molecule has 0 unspecified atom stereocenters. The van der Waals surface area contributed by atoms with Crippen LogP contribution in [0.1, 0.15) is 56.2 Å². The Hall–Kier alpha value is -3.34. The maximum atomic E-state index is 12.7. The van der Waals surface area contributed by atoms with Crippen LogP contribution in [0.3, 0.4) is 0 Å². The summed E-state index contributed by atoms with van der Waals surface area (Å²) in [6.07, 6.45) is 0. The number of carbonyl (C=O) groups is 2. The first-order chi connectivity index (χ1) is 14.3. The van der Waals surface area contributed by atoms with Crippen molar-refractivity contribution < 1.29 is 33.7 Å². The number of carboxylic acid groups (broad SMARTS) is 1. The number of anilines is 1. The summed E-state index contributed by atoms with van der Waals surface area (Å²) in [6.45, 7) is 8.56. The van der Waals surface area contributed by atoms with Crippen molar-refractivity contribution in [2.45, 2.75) is 52.6 Å². The SMILES string of the molecule is CC(C)(C)OC(=O)c1cc(CO/N=C(\C(=O)O)c2csc(N)n2)cc2c1OC(C)(C)O2. The number of aliphatic carboxylic acids is 1. The average Bonchev–Trinajstić information content (AvgIpc) is 3.17. The quantitative estimate of drug-likeness (QED) is 0.386. The number of rotatable bonds is 6. The Morgan fingerprint density at radius 3 is 2.58 bits per heavy atom. The molecule has 3 rings (SSSR count). The van der Waals surface area contributed by atoms with Gasteiger partial charge in [0.25, 0.3) is 0 Å². The van der Waals surface area contributed by atoms with Crippen molar-refractivity contribution in [3.63, 3.8) is 0 Å². The molecule has 0 aliphatic carbocycles. The van der Waals surface area contributed by atoms with Crippen LogP contribution in [0.4, 0.5) is 5.13 Å². The lowest BCUT2D eigenvalue weighted by Gasteiger charge is -2.20. The molecule has 0 saturated heterocycles. The second-order valence-corrected chi connectivity index (χ2v) is 9.06. The number of fused-ring (bicyclic) bond motifs is 1. The largest absolute Gasteiger partial charge is 0.476 e. The van der Waals surface area contributed by atoms with Crippen LogP contribution in [-0.4, -0.2) is 39.1 Å². The van der Waals surface area contributed by atoms with Crippen molar-refractivity contribution in [3.8, 4) is 11.5 Å². The monoisotopic (exact) mass is 449 g/mol. The molecular weight excluding hydrogens is 426 g/mol. The fraction of sp³-hybridized carbons (Fsp3) is 0.400. The molecule has 0 bridgehead atoms. The molecule has 3 N–H and O–H groups in total. The molecule has 2 heterocycles. The lowest BCUT2D eigenvalue weighted by Crippen LogP contribution is -2.30. The summed E-state index contributed by atoms with van der Waals surface area (Å²) in [5.41, 5.74) is 5.23. The van der Waals surface area contributed by atoms with Crippen molar-refractivity contribution in [1.82, 2.24) is 4.98 Å². The van der Waals surface area contributed by atoms with Gasteiger partial charge in [-0.05, 0) is 38.5 Å². The van der Waals surface area contributed by atoms with E-state index in [-0.39, 0.29) is 34.5 Å². The third kappa shape index (κ3) is 5.43. The molecule has 0 saturated carbocycles. The highest BCUT2D eigenvalue weighted by molar-refractivity contribution is 7.13. The molecule has 11 heteroatoms. The number of aromatic nitrogens is 1. The van der Waals surface area contributed by atoms with Gasteiger partial charge in [-0.2, -0.15) is 0 Å². The van der Waals surface area contributed by atoms with Gasteiger partial charge in [0.1, 0.15) is 23.5 Å². The normalized spacial score (nSPS) is 14.9. The van der Waals surface area contributed by atoms with Gasteiger partial charge in [0.15, 0.2) is 16.6 Å². The van der Waals surface area contributed by atoms with Crippen molar-refractivity contribution in [3.05, 3.63) is 34.3 Å². The molecule has 0 atom stereocenters. The maximum absolute atomic E-state index is 12.7. The number of benzene rings is 1. The van der Waals surface area contributed by atoms with Crippen molar-refractivity contribution >= 4 is 34.1 Å². The second kappa shape index (κ2) is 8.06. The van der Waals surface area contributed by atoms with Gasteiger partial charge in [-0.1, -0.05) is 5.16 Å². The van der Waals surface area contributed by atoms with E-state index in [0.29, 0.717) is 11.3 Å². The first kappa shape index (κ1) is 22.3. The molecule has 166 valence electrons. The third-order valence-corrected chi connectivity index (χ3v) is 4.47. The van der Waals surface area contributed by atoms with Gasteiger partial charge in [0, 0.05) is 19.2 Å². The Morgan fingerprint density at radius 2 is 2.00 bits per heavy atom. The Morgan fingerprint density at radius 1 is 1.29 bits per heavy atom. The average molecular weight is 449 g/mol. The predicted octanol–water partition coefficient (Wildman–Crippen LogP) is 3.19. The van der Waals surface area contributed by atoms with Gasteiger partial charge in [-0.3, -0.25) is 0 Å². The minimum Gasteiger partial charge on any atom is -0.476 e. The van der Waals surface area contributed by atoms with E-state index in [4.69, 9.17) is 24.8 Å². The number of carboxylic acids is 1. The number of ether oxygens (including phenoxy) is 3. The van der Waals surface area contributed by atoms with Crippen LogP contribution in [0.15, 0.2) is 22.7 Å². The van der Waals surface area contributed by atoms with Crippen LogP contribution in [0, 0.1) is 0 Å². The van der Waals surface area contributed by atoms with E-state index in [0.717, 1.165) is 11.3 Å². The van der Waals surface area contributed by atoms with Crippen LogP contribution in [-0.2, 0) is 21.0 Å². The summed E-state index contributed by atoms with van der Waals surface area (Å²) < 4.78 is 17.0. The molecule has 0 radical (unpaired) electrons. The molecule has 0 amide bonds. The zero-order valence-electron chi connectivity index (χ0n) is 17.7. The fourth-order valence-electron chi connectivity index (χ4n) is 2.70. The Balaban J connectivity index is 1.87. The molecule has 10 nitrogen and oxygen atoms in total. The number of hydrogen-bond donors (Lipinski definition) is 2. The van der Waals surface area contributed by atoms with Gasteiger partial charge < -0.3 is 29.9 Å². The van der Waals surface area contributed by atoms with Crippen molar-refractivity contribution in [1.29, 1.82) is 0 Å². The van der Waals surface area contributed by atoms with Crippen LogP contribution in [0.2, 0.25) is 0 Å². The molecule has 2 aromatic rings. The van der Waals surface area contributed by atoms with Gasteiger partial charge in [-0.15, -0.1) is 11.3 Å². The van der Waals surface area contributed by atoms with Crippen LogP contribution in [0.5, 0.6) is 11.5 Å². The van der Waals surface area contributed by atoms with Crippen molar-refractivity contribution in [2.75, 3.05) is 5.73 Å². The van der Waals surface area contributed by atoms with Crippen LogP contribution >= 0.6 is 11.3 Å². The summed E-state index contributed by atoms with van der Waals surface area (Å²) in [6, 6.07) is 3.17. The summed E-state index contributed by atoms with van der Waals surface area (Å²) >= 11 is 1.09. The number of esters is 1. The smallest absolute Gasteiger partial charge is 0.360 e. The topological polar surface area (TPSA) is 143 Å². The van der Waals surface area contributed by atoms with Gasteiger partial charge >= 0.3 is 11.9 Å². The highest BCUT2D eigenvalue weighted by Crippen LogP contribution is 2.43. The molecule has 1 aliphatic heterocycles. The zero-order chi connectivity index (χ0) is 23.0. The van der Waals surface area contributed by atoms with Gasteiger partial charge in [-0.25, -0.2) is 14.6 Å². The standard InChI is InChI=1S/C20H23N3O7S/c1-19(2,3)30-17(26)11-6-10(7-13-15(11)29-20(4,5)28-13)8-27-23-14(16(24)25)12-9-31-18(21)22-12/h6-7,9H,8H2,1-5H3,(H2,21,22)(H,24,25)/b23-14-. The van der Waals surface area contributed by atoms with Gasteiger partial charge in [0.2, 0.25) is 11.5 Å².